The minimum atomic E-state index is -0.303. The zero-order valence-electron chi connectivity index (χ0n) is 18.1. The van der Waals surface area contributed by atoms with Crippen molar-refractivity contribution in [2.45, 2.75) is 44.7 Å². The van der Waals surface area contributed by atoms with Gasteiger partial charge in [0.15, 0.2) is 17.8 Å². The molecule has 2 aromatic carbocycles. The van der Waals surface area contributed by atoms with E-state index in [1.165, 1.54) is 38.5 Å². The molecular formula is C25H29N3O3. The fourth-order valence-corrected chi connectivity index (χ4v) is 4.31. The van der Waals surface area contributed by atoms with Gasteiger partial charge in [-0.2, -0.15) is 0 Å². The van der Waals surface area contributed by atoms with Crippen molar-refractivity contribution in [3.63, 3.8) is 0 Å². The third kappa shape index (κ3) is 4.80. The molecule has 3 aromatic rings. The van der Waals surface area contributed by atoms with Gasteiger partial charge in [0.1, 0.15) is 5.75 Å². The highest BCUT2D eigenvalue weighted by Crippen LogP contribution is 2.32. The van der Waals surface area contributed by atoms with E-state index in [1.807, 2.05) is 42.5 Å². The Morgan fingerprint density at radius 3 is 2.68 bits per heavy atom. The summed E-state index contributed by atoms with van der Waals surface area (Å²) in [6, 6.07) is 16.0. The Morgan fingerprint density at radius 1 is 1.13 bits per heavy atom. The Labute approximate surface area is 183 Å². The molecule has 0 atom stereocenters. The van der Waals surface area contributed by atoms with Crippen LogP contribution in [0.15, 0.2) is 59.3 Å². The maximum Gasteiger partial charge on any atom is 0.278 e. The van der Waals surface area contributed by atoms with Gasteiger partial charge in [-0.1, -0.05) is 49.6 Å². The third-order valence-corrected chi connectivity index (χ3v) is 6.02. The van der Waals surface area contributed by atoms with E-state index in [2.05, 4.69) is 28.3 Å². The molecule has 0 spiro atoms. The lowest BCUT2D eigenvalue weighted by molar-refractivity contribution is 0.102. The average Bonchev–Trinajstić information content (AvgIpc) is 3.31. The van der Waals surface area contributed by atoms with Crippen LogP contribution in [0.1, 0.15) is 48.2 Å². The molecule has 1 aromatic heterocycles. The number of benzene rings is 2. The summed E-state index contributed by atoms with van der Waals surface area (Å²) in [4.78, 5) is 19.7. The molecule has 162 valence electrons. The van der Waals surface area contributed by atoms with E-state index in [1.54, 1.807) is 7.11 Å². The topological polar surface area (TPSA) is 67.6 Å². The Morgan fingerprint density at radius 2 is 1.87 bits per heavy atom. The highest BCUT2D eigenvalue weighted by molar-refractivity contribution is 6.07. The summed E-state index contributed by atoms with van der Waals surface area (Å²) in [5, 5.41) is 3.04. The van der Waals surface area contributed by atoms with E-state index in [-0.39, 0.29) is 11.6 Å². The molecule has 0 unspecified atom stereocenters. The number of ether oxygens (including phenoxy) is 1. The maximum absolute atomic E-state index is 13.1. The van der Waals surface area contributed by atoms with Gasteiger partial charge in [-0.25, -0.2) is 4.98 Å². The van der Waals surface area contributed by atoms with E-state index >= 15 is 0 Å². The molecule has 0 saturated heterocycles. The number of carbonyl (C=O) groups excluding carboxylic acids is 1. The first-order chi connectivity index (χ1) is 15.2. The highest BCUT2D eigenvalue weighted by Gasteiger charge is 2.23. The predicted molar refractivity (Wildman–Crippen MR) is 121 cm³/mol. The van der Waals surface area contributed by atoms with Gasteiger partial charge in [0, 0.05) is 18.3 Å². The number of nitrogens with zero attached hydrogens (tertiary/aromatic N) is 2. The van der Waals surface area contributed by atoms with Gasteiger partial charge in [-0.3, -0.25) is 9.69 Å². The minimum absolute atomic E-state index is 0.236. The first-order valence-corrected chi connectivity index (χ1v) is 10.8. The lowest BCUT2D eigenvalue weighted by Crippen LogP contribution is -2.33. The second kappa shape index (κ2) is 9.79. The molecule has 0 radical (unpaired) electrons. The van der Waals surface area contributed by atoms with Crippen LogP contribution in [-0.2, 0) is 6.54 Å². The second-order valence-electron chi connectivity index (χ2n) is 8.05. The molecule has 4 rings (SSSR count). The molecule has 1 saturated carbocycles. The molecule has 1 N–H and O–H groups in total. The van der Waals surface area contributed by atoms with Crippen LogP contribution in [0.25, 0.3) is 11.3 Å². The van der Waals surface area contributed by atoms with Gasteiger partial charge in [0.05, 0.1) is 12.7 Å². The molecular weight excluding hydrogens is 390 g/mol. The number of amides is 1. The summed E-state index contributed by atoms with van der Waals surface area (Å²) in [6.07, 6.45) is 7.71. The smallest absolute Gasteiger partial charge is 0.278 e. The summed E-state index contributed by atoms with van der Waals surface area (Å²) in [5.74, 6) is 0.719. The van der Waals surface area contributed by atoms with Gasteiger partial charge in [-0.15, -0.1) is 0 Å². The lowest BCUT2D eigenvalue weighted by Gasteiger charge is -2.31. The Hall–Kier alpha value is -3.12. The van der Waals surface area contributed by atoms with Crippen LogP contribution in [0.5, 0.6) is 5.75 Å². The van der Waals surface area contributed by atoms with E-state index in [9.17, 15) is 4.79 Å². The summed E-state index contributed by atoms with van der Waals surface area (Å²) >= 11 is 0. The van der Waals surface area contributed by atoms with E-state index < -0.39 is 0 Å². The van der Waals surface area contributed by atoms with Crippen LogP contribution < -0.4 is 10.1 Å². The maximum atomic E-state index is 13.1. The van der Waals surface area contributed by atoms with Crippen molar-refractivity contribution >= 4 is 11.6 Å². The number of anilines is 1. The van der Waals surface area contributed by atoms with Crippen molar-refractivity contribution in [1.29, 1.82) is 0 Å². The third-order valence-electron chi connectivity index (χ3n) is 6.02. The fraction of sp³-hybridized carbons (Fsp3) is 0.360. The summed E-state index contributed by atoms with van der Waals surface area (Å²) in [7, 11) is 3.76. The average molecular weight is 420 g/mol. The Balaban J connectivity index is 1.53. The molecule has 1 aliphatic rings. The van der Waals surface area contributed by atoms with Crippen LogP contribution in [0, 0.1) is 0 Å². The van der Waals surface area contributed by atoms with Crippen molar-refractivity contribution in [2.75, 3.05) is 19.5 Å². The molecule has 1 heterocycles. The van der Waals surface area contributed by atoms with E-state index in [0.29, 0.717) is 23.1 Å². The van der Waals surface area contributed by atoms with Gasteiger partial charge in [0.2, 0.25) is 0 Å². The Kier molecular flexibility index (Phi) is 6.67. The first kappa shape index (κ1) is 21.1. The van der Waals surface area contributed by atoms with Crippen molar-refractivity contribution < 1.29 is 13.9 Å². The van der Waals surface area contributed by atoms with Crippen molar-refractivity contribution in [3.05, 3.63) is 66.2 Å². The van der Waals surface area contributed by atoms with Crippen molar-refractivity contribution in [3.8, 4) is 17.1 Å². The van der Waals surface area contributed by atoms with E-state index in [4.69, 9.17) is 9.15 Å². The standard InChI is InChI=1S/C25H29N3O3/c1-28(19-11-4-3-5-12-19)16-18-10-6-8-14-21(18)27-25(29)23-24(31-17-26-23)20-13-7-9-15-22(20)30-2/h6-10,13-15,17,19H,3-5,11-12,16H2,1-2H3,(H,27,29). The molecule has 1 amide bonds. The number of methoxy groups -OCH3 is 1. The quantitative estimate of drug-likeness (QED) is 0.558. The van der Waals surface area contributed by atoms with Crippen LogP contribution in [0.2, 0.25) is 0 Å². The molecule has 6 heteroatoms. The van der Waals surface area contributed by atoms with E-state index in [0.717, 1.165) is 17.8 Å². The zero-order chi connectivity index (χ0) is 21.6. The monoisotopic (exact) mass is 419 g/mol. The number of rotatable bonds is 7. The van der Waals surface area contributed by atoms with Gasteiger partial charge in [-0.05, 0) is 43.7 Å². The number of hydrogen-bond acceptors (Lipinski definition) is 5. The Bertz CT molecular complexity index is 1020. The molecule has 1 fully saturated rings. The van der Waals surface area contributed by atoms with Gasteiger partial charge < -0.3 is 14.5 Å². The number of carbonyl (C=O) groups is 1. The normalized spacial score (nSPS) is 14.5. The summed E-state index contributed by atoms with van der Waals surface area (Å²) < 4.78 is 11.0. The number of aromatic nitrogens is 1. The molecule has 0 aliphatic heterocycles. The molecule has 31 heavy (non-hydrogen) atoms. The largest absolute Gasteiger partial charge is 0.496 e. The molecule has 1 aliphatic carbocycles. The summed E-state index contributed by atoms with van der Waals surface area (Å²) in [6.45, 7) is 0.791. The van der Waals surface area contributed by atoms with Gasteiger partial charge >= 0.3 is 0 Å². The van der Waals surface area contributed by atoms with Crippen LogP contribution in [0.4, 0.5) is 5.69 Å². The minimum Gasteiger partial charge on any atom is -0.496 e. The van der Waals surface area contributed by atoms with Crippen LogP contribution in [-0.4, -0.2) is 36.0 Å². The zero-order valence-corrected chi connectivity index (χ0v) is 18.1. The number of para-hydroxylation sites is 2. The number of nitrogens with one attached hydrogen (secondary N) is 1. The van der Waals surface area contributed by atoms with Crippen molar-refractivity contribution in [1.82, 2.24) is 9.88 Å². The highest BCUT2D eigenvalue weighted by atomic mass is 16.5. The SMILES string of the molecule is COc1ccccc1-c1ocnc1C(=O)Nc1ccccc1CN(C)C1CCCCC1. The molecule has 6 nitrogen and oxygen atoms in total. The first-order valence-electron chi connectivity index (χ1n) is 10.8. The van der Waals surface area contributed by atoms with Gasteiger partial charge in [0.25, 0.3) is 5.91 Å². The number of hydrogen-bond donors (Lipinski definition) is 1. The predicted octanol–water partition coefficient (Wildman–Crippen LogP) is 5.37. The fourth-order valence-electron chi connectivity index (χ4n) is 4.31. The summed E-state index contributed by atoms with van der Waals surface area (Å²) in [5.41, 5.74) is 2.81. The molecule has 0 bridgehead atoms. The number of oxazole rings is 1. The van der Waals surface area contributed by atoms with Crippen LogP contribution >= 0.6 is 0 Å². The van der Waals surface area contributed by atoms with Crippen molar-refractivity contribution in [2.24, 2.45) is 0 Å². The lowest BCUT2D eigenvalue weighted by atomic mass is 9.94. The second-order valence-corrected chi connectivity index (χ2v) is 8.05. The van der Waals surface area contributed by atoms with Crippen LogP contribution in [0.3, 0.4) is 0 Å².